The zero-order valence-corrected chi connectivity index (χ0v) is 12.4. The zero-order valence-electron chi connectivity index (χ0n) is 10.8. The van der Waals surface area contributed by atoms with Gasteiger partial charge < -0.3 is 4.40 Å². The summed E-state index contributed by atoms with van der Waals surface area (Å²) in [4.78, 5) is 12.7. The van der Waals surface area contributed by atoms with Gasteiger partial charge >= 0.3 is 0 Å². The summed E-state index contributed by atoms with van der Waals surface area (Å²) >= 11 is 3.45. The predicted octanol–water partition coefficient (Wildman–Crippen LogP) is 4.25. The number of hydrogen-bond acceptors (Lipinski definition) is 1. The first-order valence-corrected chi connectivity index (χ1v) is 7.30. The van der Waals surface area contributed by atoms with Gasteiger partial charge in [0, 0.05) is 28.3 Å². The van der Waals surface area contributed by atoms with Crippen LogP contribution in [-0.2, 0) is 6.42 Å². The first-order valence-electron chi connectivity index (χ1n) is 6.50. The van der Waals surface area contributed by atoms with E-state index in [1.807, 2.05) is 33.5 Å². The zero-order chi connectivity index (χ0) is 13.4. The quantitative estimate of drug-likeness (QED) is 0.806. The van der Waals surface area contributed by atoms with Gasteiger partial charge in [-0.3, -0.25) is 9.36 Å². The Morgan fingerprint density at radius 1 is 1.35 bits per heavy atom. The summed E-state index contributed by atoms with van der Waals surface area (Å²) in [5.74, 6) is 0. The molecule has 0 saturated carbocycles. The number of rotatable bonds is 2. The first kappa shape index (κ1) is 14.9. The molecule has 1 aliphatic rings. The highest BCUT2D eigenvalue weighted by atomic mass is 79.9. The Bertz CT molecular complexity index is 750. The molecule has 2 heterocycles. The fourth-order valence-electron chi connectivity index (χ4n) is 2.50. The molecule has 3 nitrogen and oxygen atoms in total. The number of hydrogen-bond donors (Lipinski definition) is 0. The van der Waals surface area contributed by atoms with E-state index in [4.69, 9.17) is 0 Å². The summed E-state index contributed by atoms with van der Waals surface area (Å²) in [5.41, 5.74) is 2.74. The molecule has 0 fully saturated rings. The minimum absolute atomic E-state index is 0. The van der Waals surface area contributed by atoms with Crippen LogP contribution in [-0.4, -0.2) is 8.97 Å². The van der Waals surface area contributed by atoms with Crippen molar-refractivity contribution in [3.05, 3.63) is 57.2 Å². The molecule has 106 valence electrons. The lowest BCUT2D eigenvalue weighted by atomic mass is 10.1. The second kappa shape index (κ2) is 5.83. The van der Waals surface area contributed by atoms with Gasteiger partial charge in [0.05, 0.1) is 0 Å². The Morgan fingerprint density at radius 2 is 2.15 bits per heavy atom. The normalized spacial score (nSPS) is 14.2. The fourth-order valence-corrected chi connectivity index (χ4v) is 2.99. The van der Waals surface area contributed by atoms with Crippen molar-refractivity contribution in [3.8, 4) is 0 Å². The third kappa shape index (κ3) is 2.29. The summed E-state index contributed by atoms with van der Waals surface area (Å²) in [5, 5.41) is 0. The van der Waals surface area contributed by atoms with Crippen LogP contribution >= 0.6 is 15.9 Å². The lowest BCUT2D eigenvalue weighted by Crippen LogP contribution is -2.24. The molecule has 2 aromatic heterocycles. The van der Waals surface area contributed by atoms with Crippen molar-refractivity contribution in [1.82, 2.24) is 8.97 Å². The summed E-state index contributed by atoms with van der Waals surface area (Å²) in [6, 6.07) is 1.91. The Balaban J connectivity index is 0.00000147. The smallest absolute Gasteiger partial charge is 0.280 e. The molecular weight excluding hydrogens is 316 g/mol. The fraction of sp³-hybridized carbons (Fsp3) is 0.312. The van der Waals surface area contributed by atoms with E-state index >= 15 is 0 Å². The summed E-state index contributed by atoms with van der Waals surface area (Å²) in [6.45, 7) is 2.07. The van der Waals surface area contributed by atoms with E-state index in [9.17, 15) is 4.79 Å². The monoisotopic (exact) mass is 334 g/mol. The Morgan fingerprint density at radius 3 is 2.80 bits per heavy atom. The van der Waals surface area contributed by atoms with E-state index in [1.165, 1.54) is 0 Å². The summed E-state index contributed by atoms with van der Waals surface area (Å²) in [7, 11) is 0. The van der Waals surface area contributed by atoms with Crippen LogP contribution in [0.2, 0.25) is 0 Å². The maximum atomic E-state index is 12.7. The minimum Gasteiger partial charge on any atom is -0.316 e. The molecule has 0 spiro atoms. The lowest BCUT2D eigenvalue weighted by molar-refractivity contribution is 0.860. The molecule has 0 atom stereocenters. The van der Waals surface area contributed by atoms with Gasteiger partial charge in [-0.15, -0.1) is 0 Å². The van der Waals surface area contributed by atoms with Gasteiger partial charge in [-0.05, 0) is 47.3 Å². The van der Waals surface area contributed by atoms with Crippen LogP contribution in [0.25, 0.3) is 11.2 Å². The summed E-state index contributed by atoms with van der Waals surface area (Å²) in [6.07, 6.45) is 13.1. The van der Waals surface area contributed by atoms with Gasteiger partial charge in [0.15, 0.2) is 0 Å². The van der Waals surface area contributed by atoms with Crippen molar-refractivity contribution in [1.29, 1.82) is 0 Å². The molecule has 0 N–H and O–H groups in total. The molecule has 3 rings (SSSR count). The third-order valence-electron chi connectivity index (χ3n) is 3.44. The van der Waals surface area contributed by atoms with Crippen molar-refractivity contribution in [2.45, 2.75) is 33.6 Å². The Labute approximate surface area is 127 Å². The van der Waals surface area contributed by atoms with E-state index in [2.05, 4.69) is 35.0 Å². The molecule has 0 aromatic carbocycles. The van der Waals surface area contributed by atoms with Gasteiger partial charge in [-0.1, -0.05) is 26.5 Å². The molecule has 0 bridgehead atoms. The van der Waals surface area contributed by atoms with Crippen molar-refractivity contribution >= 4 is 27.1 Å². The number of aromatic nitrogens is 2. The molecule has 0 aliphatic heterocycles. The molecule has 0 saturated heterocycles. The average molecular weight is 335 g/mol. The van der Waals surface area contributed by atoms with E-state index < -0.39 is 0 Å². The van der Waals surface area contributed by atoms with Crippen molar-refractivity contribution < 1.29 is 0 Å². The SMILES string of the molecule is C.CCc1cn2ccc(Br)c2c(=O)n1C1=CCCC=C1. The molecular formula is C16H19BrN2O. The van der Waals surface area contributed by atoms with Crippen LogP contribution in [0.4, 0.5) is 0 Å². The van der Waals surface area contributed by atoms with Crippen molar-refractivity contribution in [2.75, 3.05) is 0 Å². The highest BCUT2D eigenvalue weighted by molar-refractivity contribution is 9.10. The van der Waals surface area contributed by atoms with Crippen LogP contribution in [0.3, 0.4) is 0 Å². The van der Waals surface area contributed by atoms with Crippen molar-refractivity contribution in [3.63, 3.8) is 0 Å². The van der Waals surface area contributed by atoms with Gasteiger partial charge in [0.25, 0.3) is 5.56 Å². The topological polar surface area (TPSA) is 26.4 Å². The maximum absolute atomic E-state index is 12.7. The Hall–Kier alpha value is -1.55. The van der Waals surface area contributed by atoms with Crippen LogP contribution in [0.5, 0.6) is 0 Å². The van der Waals surface area contributed by atoms with Gasteiger partial charge in [0.2, 0.25) is 0 Å². The molecule has 1 aliphatic carbocycles. The highest BCUT2D eigenvalue weighted by Crippen LogP contribution is 2.20. The molecule has 0 unspecified atom stereocenters. The van der Waals surface area contributed by atoms with Crippen LogP contribution in [0.15, 0.2) is 46.0 Å². The lowest BCUT2D eigenvalue weighted by Gasteiger charge is -2.15. The third-order valence-corrected chi connectivity index (χ3v) is 4.08. The molecule has 4 heteroatoms. The van der Waals surface area contributed by atoms with E-state index in [1.54, 1.807) is 0 Å². The maximum Gasteiger partial charge on any atom is 0.280 e. The highest BCUT2D eigenvalue weighted by Gasteiger charge is 2.13. The van der Waals surface area contributed by atoms with Crippen LogP contribution in [0.1, 0.15) is 32.9 Å². The van der Waals surface area contributed by atoms with Crippen LogP contribution < -0.4 is 5.56 Å². The minimum atomic E-state index is 0. The predicted molar refractivity (Wildman–Crippen MR) is 88.1 cm³/mol. The second-order valence-electron chi connectivity index (χ2n) is 4.64. The van der Waals surface area contributed by atoms with Crippen LogP contribution in [0, 0.1) is 0 Å². The number of allylic oxidation sites excluding steroid dienone is 4. The van der Waals surface area contributed by atoms with Gasteiger partial charge in [0.1, 0.15) is 5.52 Å². The first-order chi connectivity index (χ1) is 9.22. The average Bonchev–Trinajstić information content (AvgIpc) is 2.81. The molecule has 20 heavy (non-hydrogen) atoms. The largest absolute Gasteiger partial charge is 0.316 e. The van der Waals surface area contributed by atoms with E-state index in [-0.39, 0.29) is 13.0 Å². The van der Waals surface area contributed by atoms with E-state index in [0.29, 0.717) is 5.52 Å². The second-order valence-corrected chi connectivity index (χ2v) is 5.50. The molecule has 2 aromatic rings. The standard InChI is InChI=1S/C15H15BrN2O.CH4/c1-2-11-10-17-9-8-13(16)14(17)15(19)18(11)12-6-4-3-5-7-12;/h4,6-10H,2-3,5H2,1H3;1H4. The van der Waals surface area contributed by atoms with Gasteiger partial charge in [-0.25, -0.2) is 0 Å². The molecule has 0 amide bonds. The van der Waals surface area contributed by atoms with E-state index in [0.717, 1.165) is 35.1 Å². The number of fused-ring (bicyclic) bond motifs is 1. The Kier molecular flexibility index (Phi) is 4.33. The van der Waals surface area contributed by atoms with Crippen molar-refractivity contribution in [2.24, 2.45) is 0 Å². The van der Waals surface area contributed by atoms with Gasteiger partial charge in [-0.2, -0.15) is 0 Å². The number of nitrogens with zero attached hydrogens (tertiary/aromatic N) is 2. The molecule has 0 radical (unpaired) electrons. The number of aryl methyl sites for hydroxylation is 1. The number of halogens is 1. The summed E-state index contributed by atoms with van der Waals surface area (Å²) < 4.78 is 4.57.